The topological polar surface area (TPSA) is 29.1 Å². The van der Waals surface area contributed by atoms with E-state index < -0.39 is 0 Å². The van der Waals surface area contributed by atoms with Gasteiger partial charge in [0.15, 0.2) is 5.75 Å². The normalized spacial score (nSPS) is 12.6. The number of rotatable bonds is 6. The van der Waals surface area contributed by atoms with Gasteiger partial charge in [-0.2, -0.15) is 0 Å². The lowest BCUT2D eigenvalue weighted by atomic mass is 10.5. The van der Waals surface area contributed by atoms with Crippen LogP contribution >= 0.6 is 0 Å². The van der Waals surface area contributed by atoms with Crippen LogP contribution in [-0.2, 0) is 15.7 Å². The van der Waals surface area contributed by atoms with Crippen molar-refractivity contribution in [1.29, 1.82) is 0 Å². The molecule has 12 heavy (non-hydrogen) atoms. The molecule has 0 aromatic heterocycles. The van der Waals surface area contributed by atoms with Crippen LogP contribution in [0.5, 0.6) is 0 Å². The Balaban J connectivity index is 3.40. The molecule has 0 heterocycles. The van der Waals surface area contributed by atoms with Crippen molar-refractivity contribution in [3.05, 3.63) is 0 Å². The summed E-state index contributed by atoms with van der Waals surface area (Å²) in [5.74, 6) is 2.11. The molecule has 72 valence electrons. The van der Waals surface area contributed by atoms with Crippen molar-refractivity contribution in [2.45, 2.75) is 26.7 Å². The number of hydrogen-bond acceptors (Lipinski definition) is 1. The van der Waals surface area contributed by atoms with Gasteiger partial charge in [0, 0.05) is 6.54 Å². The Morgan fingerprint density at radius 2 is 2.00 bits per heavy atom. The molecule has 1 amide bonds. The summed E-state index contributed by atoms with van der Waals surface area (Å²) in [5, 5.41) is 2.89. The van der Waals surface area contributed by atoms with Gasteiger partial charge in [-0.25, -0.2) is 0 Å². The van der Waals surface area contributed by atoms with E-state index in [0.29, 0.717) is 5.75 Å². The van der Waals surface area contributed by atoms with E-state index in [1.165, 1.54) is 12.2 Å². The van der Waals surface area contributed by atoms with Crippen molar-refractivity contribution in [3.63, 3.8) is 0 Å². The summed E-state index contributed by atoms with van der Waals surface area (Å²) >= 11 is 0. The molecule has 0 aliphatic carbocycles. The van der Waals surface area contributed by atoms with Crippen LogP contribution in [0.25, 0.3) is 0 Å². The van der Waals surface area contributed by atoms with Crippen LogP contribution in [0.2, 0.25) is 0 Å². The van der Waals surface area contributed by atoms with Crippen LogP contribution in [-0.4, -0.2) is 30.2 Å². The van der Waals surface area contributed by atoms with E-state index >= 15 is 0 Å². The molecular weight excluding hydrogens is 170 g/mol. The fourth-order valence-corrected chi connectivity index (χ4v) is 2.35. The first-order valence-corrected chi connectivity index (χ1v) is 6.53. The zero-order chi connectivity index (χ0) is 9.40. The Bertz CT molecular complexity index is 128. The number of nitrogens with one attached hydrogen (secondary N) is 1. The van der Waals surface area contributed by atoms with E-state index in [1.807, 2.05) is 0 Å². The van der Waals surface area contributed by atoms with Crippen LogP contribution < -0.4 is 5.32 Å². The van der Waals surface area contributed by atoms with E-state index in [-0.39, 0.29) is 16.8 Å². The third-order valence-electron chi connectivity index (χ3n) is 1.50. The molecule has 0 aliphatic heterocycles. The van der Waals surface area contributed by atoms with E-state index in [4.69, 9.17) is 0 Å². The summed E-state index contributed by atoms with van der Waals surface area (Å²) in [4.78, 5) is 11.2. The fourth-order valence-electron chi connectivity index (χ4n) is 0.960. The molecule has 0 rings (SSSR count). The Hall–Kier alpha value is -0.180. The standard InChI is InChI=1S/C9H19NOS/c1-4-6-10-9(11)8-12(3)7-5-2/h4-8H2,1-3H3/p+1. The molecule has 0 radical (unpaired) electrons. The molecule has 0 fully saturated rings. The Morgan fingerprint density at radius 1 is 1.33 bits per heavy atom. The third-order valence-corrected chi connectivity index (χ3v) is 3.36. The van der Waals surface area contributed by atoms with Gasteiger partial charge in [-0.05, 0) is 23.7 Å². The summed E-state index contributed by atoms with van der Waals surface area (Å²) in [6, 6.07) is 0. The second kappa shape index (κ2) is 7.47. The average molecular weight is 190 g/mol. The lowest BCUT2D eigenvalue weighted by Gasteiger charge is -2.02. The maximum atomic E-state index is 11.2. The molecular formula is C9H20NOS+. The van der Waals surface area contributed by atoms with Crippen molar-refractivity contribution < 1.29 is 4.79 Å². The van der Waals surface area contributed by atoms with Crippen LogP contribution in [0.15, 0.2) is 0 Å². The molecule has 1 N–H and O–H groups in total. The van der Waals surface area contributed by atoms with E-state index in [2.05, 4.69) is 25.4 Å². The molecule has 0 aliphatic rings. The van der Waals surface area contributed by atoms with Crippen molar-refractivity contribution in [2.75, 3.05) is 24.3 Å². The molecule has 0 aromatic rings. The van der Waals surface area contributed by atoms with Crippen LogP contribution in [0.3, 0.4) is 0 Å². The van der Waals surface area contributed by atoms with Gasteiger partial charge < -0.3 is 5.32 Å². The molecule has 0 saturated heterocycles. The van der Waals surface area contributed by atoms with Gasteiger partial charge >= 0.3 is 0 Å². The second-order valence-electron chi connectivity index (χ2n) is 2.98. The molecule has 1 unspecified atom stereocenters. The predicted octanol–water partition coefficient (Wildman–Crippen LogP) is 1.17. The molecule has 0 spiro atoms. The number of carbonyl (C=O) groups is 1. The summed E-state index contributed by atoms with van der Waals surface area (Å²) in [7, 11) is 0.284. The minimum atomic E-state index is 0.219. The van der Waals surface area contributed by atoms with E-state index in [1.54, 1.807) is 0 Å². The lowest BCUT2D eigenvalue weighted by Crippen LogP contribution is -2.31. The highest BCUT2D eigenvalue weighted by molar-refractivity contribution is 7.96. The minimum absolute atomic E-state index is 0.219. The van der Waals surface area contributed by atoms with Gasteiger partial charge in [-0.3, -0.25) is 4.79 Å². The zero-order valence-electron chi connectivity index (χ0n) is 8.35. The van der Waals surface area contributed by atoms with Crippen LogP contribution in [0, 0.1) is 0 Å². The Labute approximate surface area is 78.5 Å². The number of amides is 1. The van der Waals surface area contributed by atoms with Gasteiger partial charge in [-0.15, -0.1) is 0 Å². The molecule has 3 heteroatoms. The van der Waals surface area contributed by atoms with Crippen molar-refractivity contribution in [1.82, 2.24) is 5.32 Å². The summed E-state index contributed by atoms with van der Waals surface area (Å²) < 4.78 is 0. The molecule has 0 bridgehead atoms. The average Bonchev–Trinajstić information content (AvgIpc) is 2.01. The van der Waals surface area contributed by atoms with Crippen LogP contribution in [0.4, 0.5) is 0 Å². The molecule has 0 saturated carbocycles. The van der Waals surface area contributed by atoms with Gasteiger partial charge in [0.05, 0.1) is 6.26 Å². The van der Waals surface area contributed by atoms with E-state index in [9.17, 15) is 4.79 Å². The SMILES string of the molecule is CCCNC(=O)C[S+](C)CCC. The zero-order valence-corrected chi connectivity index (χ0v) is 9.17. The predicted molar refractivity (Wildman–Crippen MR) is 56.6 cm³/mol. The largest absolute Gasteiger partial charge is 0.352 e. The highest BCUT2D eigenvalue weighted by Gasteiger charge is 2.14. The smallest absolute Gasteiger partial charge is 0.269 e. The second-order valence-corrected chi connectivity index (χ2v) is 5.24. The van der Waals surface area contributed by atoms with Gasteiger partial charge in [0.2, 0.25) is 0 Å². The molecule has 2 nitrogen and oxygen atoms in total. The van der Waals surface area contributed by atoms with Gasteiger partial charge in [0.1, 0.15) is 5.75 Å². The number of hydrogen-bond donors (Lipinski definition) is 1. The maximum absolute atomic E-state index is 11.2. The highest BCUT2D eigenvalue weighted by atomic mass is 32.2. The van der Waals surface area contributed by atoms with Crippen molar-refractivity contribution >= 4 is 16.8 Å². The first-order valence-electron chi connectivity index (χ1n) is 4.56. The first kappa shape index (κ1) is 11.8. The summed E-state index contributed by atoms with van der Waals surface area (Å²) in [6.45, 7) is 5.05. The minimum Gasteiger partial charge on any atom is -0.352 e. The monoisotopic (exact) mass is 190 g/mol. The highest BCUT2D eigenvalue weighted by Crippen LogP contribution is 1.93. The number of carbonyl (C=O) groups excluding carboxylic acids is 1. The first-order chi connectivity index (χ1) is 5.70. The quantitative estimate of drug-likeness (QED) is 0.626. The Morgan fingerprint density at radius 3 is 2.50 bits per heavy atom. The maximum Gasteiger partial charge on any atom is 0.269 e. The van der Waals surface area contributed by atoms with Gasteiger partial charge in [0.25, 0.3) is 5.91 Å². The molecule has 1 atom stereocenters. The van der Waals surface area contributed by atoms with E-state index in [0.717, 1.165) is 13.0 Å². The van der Waals surface area contributed by atoms with Crippen LogP contribution in [0.1, 0.15) is 26.7 Å². The molecule has 0 aromatic carbocycles. The van der Waals surface area contributed by atoms with Crippen molar-refractivity contribution in [2.24, 2.45) is 0 Å². The fraction of sp³-hybridized carbons (Fsp3) is 0.889. The third kappa shape index (κ3) is 6.53. The lowest BCUT2D eigenvalue weighted by molar-refractivity contribution is -0.118. The summed E-state index contributed by atoms with van der Waals surface area (Å²) in [5.41, 5.74) is 0. The van der Waals surface area contributed by atoms with Crippen molar-refractivity contribution in [3.8, 4) is 0 Å². The summed E-state index contributed by atoms with van der Waals surface area (Å²) in [6.07, 6.45) is 4.37. The van der Waals surface area contributed by atoms with Gasteiger partial charge in [-0.1, -0.05) is 13.8 Å². The Kier molecular flexibility index (Phi) is 7.36.